The summed E-state index contributed by atoms with van der Waals surface area (Å²) in [6.07, 6.45) is 3.69. The Morgan fingerprint density at radius 1 is 1.17 bits per heavy atom. The first kappa shape index (κ1) is 16.0. The van der Waals surface area contributed by atoms with Gasteiger partial charge in [-0.1, -0.05) is 18.2 Å². The topological polar surface area (TPSA) is 46.2 Å². The van der Waals surface area contributed by atoms with Gasteiger partial charge in [-0.2, -0.15) is 0 Å². The predicted molar refractivity (Wildman–Crippen MR) is 90.9 cm³/mol. The largest absolute Gasteiger partial charge is 0.378 e. The minimum absolute atomic E-state index is 0.127. The molecule has 0 aliphatic heterocycles. The Labute approximate surface area is 136 Å². The van der Waals surface area contributed by atoms with Gasteiger partial charge in [-0.3, -0.25) is 0 Å². The molecule has 0 fully saturated rings. The first-order valence-corrected chi connectivity index (χ1v) is 9.78. The summed E-state index contributed by atoms with van der Waals surface area (Å²) in [6.45, 7) is 0. The Balaban J connectivity index is 1.67. The van der Waals surface area contributed by atoms with Crippen molar-refractivity contribution in [1.82, 2.24) is 0 Å². The van der Waals surface area contributed by atoms with E-state index in [0.717, 1.165) is 29.7 Å². The first-order valence-electron chi connectivity index (χ1n) is 7.72. The molecule has 1 aliphatic carbocycles. The third-order valence-electron chi connectivity index (χ3n) is 4.24. The van der Waals surface area contributed by atoms with Crippen molar-refractivity contribution in [3.05, 3.63) is 65.0 Å². The molecule has 0 amide bonds. The third kappa shape index (κ3) is 4.10. The lowest BCUT2D eigenvalue weighted by Gasteiger charge is -2.16. The molecule has 23 heavy (non-hydrogen) atoms. The molecule has 5 heteroatoms. The standard InChI is InChI=1S/C18H20FNO2S/c1-23(21,22)11-10-13-2-7-16(8-3-13)20-18-9-5-14-4-6-15(19)12-17(14)18/h2-4,6-8,12,18,20H,5,9-11H2,1H3/t18-/m0/s1. The molecule has 0 spiro atoms. The number of aryl methyl sites for hydroxylation is 2. The van der Waals surface area contributed by atoms with Crippen molar-refractivity contribution in [2.45, 2.75) is 25.3 Å². The zero-order valence-electron chi connectivity index (χ0n) is 13.0. The highest BCUT2D eigenvalue weighted by Gasteiger charge is 2.22. The normalized spacial score (nSPS) is 17.0. The summed E-state index contributed by atoms with van der Waals surface area (Å²) >= 11 is 0. The summed E-state index contributed by atoms with van der Waals surface area (Å²) in [5, 5.41) is 3.44. The van der Waals surface area contributed by atoms with E-state index < -0.39 is 9.84 Å². The van der Waals surface area contributed by atoms with Crippen LogP contribution >= 0.6 is 0 Å². The van der Waals surface area contributed by atoms with Gasteiger partial charge >= 0.3 is 0 Å². The molecule has 1 atom stereocenters. The van der Waals surface area contributed by atoms with Gasteiger partial charge in [0, 0.05) is 11.9 Å². The quantitative estimate of drug-likeness (QED) is 0.911. The molecule has 0 unspecified atom stereocenters. The predicted octanol–water partition coefficient (Wildman–Crippen LogP) is 3.51. The minimum atomic E-state index is -2.94. The van der Waals surface area contributed by atoms with Crippen LogP contribution in [0.5, 0.6) is 0 Å². The van der Waals surface area contributed by atoms with Crippen molar-refractivity contribution < 1.29 is 12.8 Å². The summed E-state index contributed by atoms with van der Waals surface area (Å²) in [7, 11) is -2.94. The molecule has 0 radical (unpaired) electrons. The van der Waals surface area contributed by atoms with Crippen molar-refractivity contribution >= 4 is 15.5 Å². The van der Waals surface area contributed by atoms with Crippen molar-refractivity contribution in [2.75, 3.05) is 17.3 Å². The van der Waals surface area contributed by atoms with Crippen LogP contribution in [0.15, 0.2) is 42.5 Å². The molecule has 3 nitrogen and oxygen atoms in total. The molecule has 3 rings (SSSR count). The molecule has 0 saturated heterocycles. The highest BCUT2D eigenvalue weighted by molar-refractivity contribution is 7.90. The van der Waals surface area contributed by atoms with E-state index in [2.05, 4.69) is 5.32 Å². The lowest BCUT2D eigenvalue weighted by Crippen LogP contribution is -2.08. The molecule has 2 aromatic rings. The van der Waals surface area contributed by atoms with Crippen LogP contribution in [0, 0.1) is 5.82 Å². The number of hydrogen-bond acceptors (Lipinski definition) is 3. The smallest absolute Gasteiger partial charge is 0.147 e. The van der Waals surface area contributed by atoms with Gasteiger partial charge in [0.05, 0.1) is 11.8 Å². The van der Waals surface area contributed by atoms with Crippen LogP contribution < -0.4 is 5.32 Å². The van der Waals surface area contributed by atoms with Crippen LogP contribution in [-0.2, 0) is 22.7 Å². The van der Waals surface area contributed by atoms with Crippen LogP contribution in [0.25, 0.3) is 0 Å². The number of sulfone groups is 1. The van der Waals surface area contributed by atoms with Gasteiger partial charge in [0.25, 0.3) is 0 Å². The molecule has 2 aromatic carbocycles. The van der Waals surface area contributed by atoms with E-state index in [1.165, 1.54) is 17.9 Å². The number of rotatable bonds is 5. The monoisotopic (exact) mass is 333 g/mol. The highest BCUT2D eigenvalue weighted by Crippen LogP contribution is 2.34. The Kier molecular flexibility index (Phi) is 4.39. The molecule has 122 valence electrons. The van der Waals surface area contributed by atoms with Crippen LogP contribution in [0.1, 0.15) is 29.2 Å². The van der Waals surface area contributed by atoms with Crippen LogP contribution in [-0.4, -0.2) is 20.4 Å². The molecule has 1 N–H and O–H groups in total. The van der Waals surface area contributed by atoms with E-state index >= 15 is 0 Å². The van der Waals surface area contributed by atoms with E-state index in [0.29, 0.717) is 6.42 Å². The van der Waals surface area contributed by atoms with E-state index in [9.17, 15) is 12.8 Å². The summed E-state index contributed by atoms with van der Waals surface area (Å²) in [6, 6.07) is 12.9. The number of fused-ring (bicyclic) bond motifs is 1. The van der Waals surface area contributed by atoms with Gasteiger partial charge in [0.1, 0.15) is 15.7 Å². The first-order chi connectivity index (χ1) is 10.9. The Bertz CT molecular complexity index is 800. The summed E-state index contributed by atoms with van der Waals surface area (Å²) in [5.41, 5.74) is 4.20. The van der Waals surface area contributed by atoms with Crippen LogP contribution in [0.3, 0.4) is 0 Å². The van der Waals surface area contributed by atoms with Gasteiger partial charge < -0.3 is 5.32 Å². The SMILES string of the molecule is CS(=O)(=O)CCc1ccc(N[C@H]2CCc3ccc(F)cc32)cc1. The maximum atomic E-state index is 13.4. The van der Waals surface area contributed by atoms with Gasteiger partial charge in [-0.25, -0.2) is 12.8 Å². The molecular weight excluding hydrogens is 313 g/mol. The van der Waals surface area contributed by atoms with Crippen LogP contribution in [0.2, 0.25) is 0 Å². The third-order valence-corrected chi connectivity index (χ3v) is 5.19. The fourth-order valence-electron chi connectivity index (χ4n) is 3.00. The number of hydrogen-bond donors (Lipinski definition) is 1. The maximum absolute atomic E-state index is 13.4. The summed E-state index contributed by atoms with van der Waals surface area (Å²) < 4.78 is 35.8. The number of halogens is 1. The number of nitrogens with one attached hydrogen (secondary N) is 1. The molecule has 0 heterocycles. The number of anilines is 1. The second kappa shape index (κ2) is 6.32. The van der Waals surface area contributed by atoms with Crippen molar-refractivity contribution in [3.63, 3.8) is 0 Å². The van der Waals surface area contributed by atoms with Gasteiger partial charge in [0.15, 0.2) is 0 Å². The van der Waals surface area contributed by atoms with Gasteiger partial charge in [-0.15, -0.1) is 0 Å². The highest BCUT2D eigenvalue weighted by atomic mass is 32.2. The second-order valence-corrected chi connectivity index (χ2v) is 8.42. The van der Waals surface area contributed by atoms with Crippen molar-refractivity contribution in [2.24, 2.45) is 0 Å². The van der Waals surface area contributed by atoms with Crippen molar-refractivity contribution in [1.29, 1.82) is 0 Å². The van der Waals surface area contributed by atoms with Gasteiger partial charge in [0.2, 0.25) is 0 Å². The van der Waals surface area contributed by atoms with E-state index in [1.807, 2.05) is 30.3 Å². The summed E-state index contributed by atoms with van der Waals surface area (Å²) in [4.78, 5) is 0. The number of benzene rings is 2. The molecule has 0 bridgehead atoms. The zero-order chi connectivity index (χ0) is 16.4. The Morgan fingerprint density at radius 3 is 2.61 bits per heavy atom. The fourth-order valence-corrected chi connectivity index (χ4v) is 3.60. The van der Waals surface area contributed by atoms with Gasteiger partial charge in [-0.05, 0) is 60.2 Å². The molecule has 0 saturated carbocycles. The lowest BCUT2D eigenvalue weighted by atomic mass is 10.1. The Morgan fingerprint density at radius 2 is 1.91 bits per heavy atom. The van der Waals surface area contributed by atoms with Crippen molar-refractivity contribution in [3.8, 4) is 0 Å². The molecule has 0 aromatic heterocycles. The summed E-state index contributed by atoms with van der Waals surface area (Å²) in [5.74, 6) is -0.0386. The second-order valence-electron chi connectivity index (χ2n) is 6.16. The van der Waals surface area contributed by atoms with E-state index in [1.54, 1.807) is 6.07 Å². The molecule has 1 aliphatic rings. The molecular formula is C18H20FNO2S. The minimum Gasteiger partial charge on any atom is -0.378 e. The van der Waals surface area contributed by atoms with Crippen LogP contribution in [0.4, 0.5) is 10.1 Å². The Hall–Kier alpha value is -1.88. The van der Waals surface area contributed by atoms with E-state index in [4.69, 9.17) is 0 Å². The fraction of sp³-hybridized carbons (Fsp3) is 0.333. The average Bonchev–Trinajstić information content (AvgIpc) is 2.88. The lowest BCUT2D eigenvalue weighted by molar-refractivity contribution is 0.601. The van der Waals surface area contributed by atoms with E-state index in [-0.39, 0.29) is 17.6 Å². The average molecular weight is 333 g/mol. The zero-order valence-corrected chi connectivity index (χ0v) is 13.9. The maximum Gasteiger partial charge on any atom is 0.147 e.